The number of nitrogens with zero attached hydrogens (tertiary/aromatic N) is 3. The largest absolute Gasteiger partial charge is 0.454 e. The van der Waals surface area contributed by atoms with Crippen molar-refractivity contribution in [2.45, 2.75) is 31.7 Å². The van der Waals surface area contributed by atoms with Crippen LogP contribution >= 0.6 is 11.3 Å². The van der Waals surface area contributed by atoms with Crippen molar-refractivity contribution in [3.63, 3.8) is 0 Å². The average molecular weight is 400 g/mol. The van der Waals surface area contributed by atoms with Crippen molar-refractivity contribution in [2.24, 2.45) is 5.92 Å². The van der Waals surface area contributed by atoms with E-state index in [-0.39, 0.29) is 24.7 Å². The van der Waals surface area contributed by atoms with Gasteiger partial charge in [0.25, 0.3) is 0 Å². The van der Waals surface area contributed by atoms with Gasteiger partial charge >= 0.3 is 0 Å². The van der Waals surface area contributed by atoms with Gasteiger partial charge < -0.3 is 19.3 Å². The Kier molecular flexibility index (Phi) is 4.72. The molecular formula is C21H25N3O3S. The normalized spacial score (nSPS) is 24.9. The van der Waals surface area contributed by atoms with Crippen LogP contribution in [0.5, 0.6) is 11.5 Å². The molecule has 28 heavy (non-hydrogen) atoms. The lowest BCUT2D eigenvalue weighted by atomic mass is 10.0. The van der Waals surface area contributed by atoms with Crippen molar-refractivity contribution in [1.82, 2.24) is 14.8 Å². The highest BCUT2D eigenvalue weighted by Gasteiger charge is 2.39. The molecule has 148 valence electrons. The Labute approximate surface area is 169 Å². The molecule has 2 atom stereocenters. The molecule has 0 saturated carbocycles. The summed E-state index contributed by atoms with van der Waals surface area (Å²) in [6.45, 7) is 3.43. The van der Waals surface area contributed by atoms with E-state index in [1.165, 1.54) is 19.3 Å². The maximum atomic E-state index is 12.8. The van der Waals surface area contributed by atoms with Gasteiger partial charge in [0.15, 0.2) is 11.5 Å². The summed E-state index contributed by atoms with van der Waals surface area (Å²) in [5.41, 5.74) is 1.03. The number of piperidine rings is 1. The summed E-state index contributed by atoms with van der Waals surface area (Å²) in [4.78, 5) is 23.0. The summed E-state index contributed by atoms with van der Waals surface area (Å²) in [7, 11) is 1.93. The summed E-state index contributed by atoms with van der Waals surface area (Å²) in [5.74, 6) is 1.92. The van der Waals surface area contributed by atoms with Gasteiger partial charge in [-0.2, -0.15) is 0 Å². The van der Waals surface area contributed by atoms with Crippen molar-refractivity contribution >= 4 is 17.2 Å². The molecule has 4 heterocycles. The van der Waals surface area contributed by atoms with E-state index in [2.05, 4.69) is 9.88 Å². The molecule has 7 heteroatoms. The second-order valence-electron chi connectivity index (χ2n) is 7.89. The van der Waals surface area contributed by atoms with Crippen molar-refractivity contribution in [3.8, 4) is 22.1 Å². The fraction of sp³-hybridized carbons (Fsp3) is 0.524. The quantitative estimate of drug-likeness (QED) is 0.787. The summed E-state index contributed by atoms with van der Waals surface area (Å²) < 4.78 is 10.9. The number of amides is 1. The van der Waals surface area contributed by atoms with E-state index < -0.39 is 0 Å². The zero-order chi connectivity index (χ0) is 19.1. The molecule has 2 aromatic rings. The standard InChI is InChI=1S/C21H25N3O3S/c1-23-16(9-15(21(23)25)12-24-7-3-2-4-8-24)19-11-22-20(28-19)14-5-6-17-18(10-14)27-13-26-17/h5-6,10-11,15-16H,2-4,7-9,12-13H2,1H3. The Morgan fingerprint density at radius 3 is 2.86 bits per heavy atom. The van der Waals surface area contributed by atoms with Crippen LogP contribution in [0.2, 0.25) is 0 Å². The molecule has 1 aromatic heterocycles. The Hall–Kier alpha value is -2.12. The van der Waals surface area contributed by atoms with Gasteiger partial charge in [0.05, 0.1) is 12.0 Å². The molecule has 2 fully saturated rings. The van der Waals surface area contributed by atoms with Gasteiger partial charge in [-0.25, -0.2) is 4.98 Å². The number of hydrogen-bond acceptors (Lipinski definition) is 6. The molecule has 2 unspecified atom stereocenters. The third kappa shape index (κ3) is 3.26. The van der Waals surface area contributed by atoms with Gasteiger partial charge in [0, 0.05) is 30.2 Å². The molecule has 6 nitrogen and oxygen atoms in total. The molecule has 3 aliphatic heterocycles. The van der Waals surface area contributed by atoms with Gasteiger partial charge in [-0.15, -0.1) is 11.3 Å². The van der Waals surface area contributed by atoms with Crippen LogP contribution in [0.15, 0.2) is 24.4 Å². The number of benzene rings is 1. The zero-order valence-corrected chi connectivity index (χ0v) is 16.9. The minimum atomic E-state index is 0.101. The van der Waals surface area contributed by atoms with Gasteiger partial charge in [-0.3, -0.25) is 4.79 Å². The van der Waals surface area contributed by atoms with E-state index in [1.54, 1.807) is 11.3 Å². The van der Waals surface area contributed by atoms with Crippen LogP contribution in [-0.2, 0) is 4.79 Å². The Balaban J connectivity index is 1.31. The minimum absolute atomic E-state index is 0.101. The Bertz CT molecular complexity index is 878. The van der Waals surface area contributed by atoms with Crippen molar-refractivity contribution in [2.75, 3.05) is 33.5 Å². The first-order valence-corrected chi connectivity index (χ1v) is 10.9. The summed E-state index contributed by atoms with van der Waals surface area (Å²) in [6.07, 6.45) is 6.65. The third-order valence-electron chi connectivity index (χ3n) is 6.07. The first kappa shape index (κ1) is 17.9. The maximum absolute atomic E-state index is 12.8. The molecule has 0 bridgehead atoms. The molecule has 0 N–H and O–H groups in total. The van der Waals surface area contributed by atoms with E-state index >= 15 is 0 Å². The molecular weight excluding hydrogens is 374 g/mol. The first-order chi connectivity index (χ1) is 13.7. The molecule has 0 radical (unpaired) electrons. The maximum Gasteiger partial charge on any atom is 0.231 e. The van der Waals surface area contributed by atoms with Gasteiger partial charge in [-0.1, -0.05) is 6.42 Å². The number of rotatable bonds is 4. The molecule has 1 aromatic carbocycles. The summed E-state index contributed by atoms with van der Waals surface area (Å²) in [6, 6.07) is 6.05. The van der Waals surface area contributed by atoms with Crippen LogP contribution in [-0.4, -0.2) is 54.2 Å². The lowest BCUT2D eigenvalue weighted by Crippen LogP contribution is -2.36. The monoisotopic (exact) mass is 399 g/mol. The summed E-state index contributed by atoms with van der Waals surface area (Å²) >= 11 is 1.67. The fourth-order valence-corrected chi connectivity index (χ4v) is 5.56. The van der Waals surface area contributed by atoms with Crippen molar-refractivity contribution in [3.05, 3.63) is 29.3 Å². The smallest absolute Gasteiger partial charge is 0.231 e. The number of fused-ring (bicyclic) bond motifs is 1. The number of ether oxygens (including phenoxy) is 2. The SMILES string of the molecule is CN1C(=O)C(CN2CCCCC2)CC1c1cnc(-c2ccc3c(c2)OCO3)s1. The van der Waals surface area contributed by atoms with E-state index in [1.807, 2.05) is 36.3 Å². The average Bonchev–Trinajstić information content (AvgIpc) is 3.44. The predicted molar refractivity (Wildman–Crippen MR) is 108 cm³/mol. The molecule has 0 aliphatic carbocycles. The van der Waals surface area contributed by atoms with Crippen LogP contribution in [0.1, 0.15) is 36.6 Å². The third-order valence-corrected chi connectivity index (χ3v) is 7.22. The Morgan fingerprint density at radius 2 is 2.00 bits per heavy atom. The highest BCUT2D eigenvalue weighted by molar-refractivity contribution is 7.15. The summed E-state index contributed by atoms with van der Waals surface area (Å²) in [5, 5.41) is 0.952. The molecule has 2 saturated heterocycles. The Morgan fingerprint density at radius 1 is 1.18 bits per heavy atom. The lowest BCUT2D eigenvalue weighted by molar-refractivity contribution is -0.131. The number of hydrogen-bond donors (Lipinski definition) is 0. The van der Waals surface area contributed by atoms with Crippen LogP contribution in [0.3, 0.4) is 0 Å². The van der Waals surface area contributed by atoms with Gasteiger partial charge in [0.2, 0.25) is 12.7 Å². The predicted octanol–water partition coefficient (Wildman–Crippen LogP) is 3.54. The van der Waals surface area contributed by atoms with Crippen LogP contribution in [0, 0.1) is 5.92 Å². The van der Waals surface area contributed by atoms with Crippen molar-refractivity contribution < 1.29 is 14.3 Å². The molecule has 1 amide bonds. The van der Waals surface area contributed by atoms with E-state index in [0.29, 0.717) is 0 Å². The fourth-order valence-electron chi connectivity index (χ4n) is 4.49. The highest BCUT2D eigenvalue weighted by atomic mass is 32.1. The van der Waals surface area contributed by atoms with Crippen LogP contribution in [0.4, 0.5) is 0 Å². The molecule has 0 spiro atoms. The number of thiazole rings is 1. The van der Waals surface area contributed by atoms with Crippen LogP contribution < -0.4 is 9.47 Å². The number of aromatic nitrogens is 1. The van der Waals surface area contributed by atoms with Gasteiger partial charge in [0.1, 0.15) is 5.01 Å². The van der Waals surface area contributed by atoms with Gasteiger partial charge in [-0.05, 0) is 50.6 Å². The number of carbonyl (C=O) groups excluding carboxylic acids is 1. The first-order valence-electron chi connectivity index (χ1n) is 10.0. The van der Waals surface area contributed by atoms with E-state index in [4.69, 9.17) is 9.47 Å². The topological polar surface area (TPSA) is 54.9 Å². The number of likely N-dealkylation sites (tertiary alicyclic amines) is 2. The van der Waals surface area contributed by atoms with Crippen molar-refractivity contribution in [1.29, 1.82) is 0 Å². The molecule has 3 aliphatic rings. The number of carbonyl (C=O) groups is 1. The van der Waals surface area contributed by atoms with Crippen LogP contribution in [0.25, 0.3) is 10.6 Å². The highest BCUT2D eigenvalue weighted by Crippen LogP contribution is 2.41. The zero-order valence-electron chi connectivity index (χ0n) is 16.1. The van der Waals surface area contributed by atoms with E-state index in [9.17, 15) is 4.79 Å². The second kappa shape index (κ2) is 7.37. The second-order valence-corrected chi connectivity index (χ2v) is 8.96. The lowest BCUT2D eigenvalue weighted by Gasteiger charge is -2.28. The van der Waals surface area contributed by atoms with E-state index in [0.717, 1.165) is 53.0 Å². The minimum Gasteiger partial charge on any atom is -0.454 e. The molecule has 5 rings (SSSR count).